The van der Waals surface area contributed by atoms with Gasteiger partial charge in [0.1, 0.15) is 0 Å². The molecule has 0 bridgehead atoms. The first-order chi connectivity index (χ1) is 9.61. The van der Waals surface area contributed by atoms with E-state index in [4.69, 9.17) is 5.73 Å². The highest BCUT2D eigenvalue weighted by Crippen LogP contribution is 2.20. The Balaban J connectivity index is 0.00000161. The molecule has 1 saturated heterocycles. The van der Waals surface area contributed by atoms with Crippen molar-refractivity contribution in [2.45, 2.75) is 32.9 Å². The van der Waals surface area contributed by atoms with Crippen molar-refractivity contribution in [3.8, 4) is 0 Å². The molecule has 0 spiro atoms. The molecule has 1 fully saturated rings. The predicted octanol–water partition coefficient (Wildman–Crippen LogP) is 3.13. The third kappa shape index (κ3) is 3.73. The second kappa shape index (κ2) is 6.73. The topological polar surface area (TPSA) is 42.1 Å². The highest BCUT2D eigenvalue weighted by Gasteiger charge is 2.22. The molecule has 0 saturated carbocycles. The van der Waals surface area contributed by atoms with Crippen LogP contribution in [0.25, 0.3) is 10.9 Å². The Bertz CT molecular complexity index is 614. The van der Waals surface area contributed by atoms with Crippen LogP contribution in [0.5, 0.6) is 0 Å². The number of rotatable bonds is 2. The summed E-state index contributed by atoms with van der Waals surface area (Å²) in [7, 11) is 0. The number of hydrogen-bond donors (Lipinski definition) is 1. The summed E-state index contributed by atoms with van der Waals surface area (Å²) in [4.78, 5) is 7.07. The molecule has 0 amide bonds. The number of benzene rings is 1. The molecule has 2 N–H and O–H groups in total. The van der Waals surface area contributed by atoms with Crippen LogP contribution in [0.2, 0.25) is 0 Å². The number of halogens is 1. The van der Waals surface area contributed by atoms with Gasteiger partial charge in [0.05, 0.1) is 5.52 Å². The van der Waals surface area contributed by atoms with E-state index in [2.05, 4.69) is 47.1 Å². The Kier molecular flexibility index (Phi) is 5.20. The van der Waals surface area contributed by atoms with E-state index >= 15 is 0 Å². The minimum absolute atomic E-state index is 0. The van der Waals surface area contributed by atoms with Gasteiger partial charge >= 0.3 is 0 Å². The molecule has 1 aromatic carbocycles. The lowest BCUT2D eigenvalue weighted by Crippen LogP contribution is -2.45. The van der Waals surface area contributed by atoms with Crippen molar-refractivity contribution >= 4 is 23.3 Å². The van der Waals surface area contributed by atoms with E-state index in [0.29, 0.717) is 12.0 Å². The van der Waals surface area contributed by atoms with E-state index < -0.39 is 0 Å². The number of nitrogens with two attached hydrogens (primary N) is 1. The quantitative estimate of drug-likeness (QED) is 0.927. The van der Waals surface area contributed by atoms with Gasteiger partial charge in [0, 0.05) is 30.2 Å². The molecule has 21 heavy (non-hydrogen) atoms. The molecular formula is C17H24ClN3. The number of likely N-dealkylation sites (tertiary alicyclic amines) is 1. The van der Waals surface area contributed by atoms with Crippen LogP contribution in [0.1, 0.15) is 24.6 Å². The van der Waals surface area contributed by atoms with Gasteiger partial charge in [-0.15, -0.1) is 12.4 Å². The van der Waals surface area contributed by atoms with E-state index in [-0.39, 0.29) is 12.4 Å². The van der Waals surface area contributed by atoms with Crippen molar-refractivity contribution in [2.24, 2.45) is 11.7 Å². The Morgan fingerprint density at radius 1 is 1.29 bits per heavy atom. The van der Waals surface area contributed by atoms with Crippen molar-refractivity contribution in [1.29, 1.82) is 0 Å². The summed E-state index contributed by atoms with van der Waals surface area (Å²) in [6.07, 6.45) is 1.11. The van der Waals surface area contributed by atoms with Gasteiger partial charge in [-0.25, -0.2) is 0 Å². The van der Waals surface area contributed by atoms with Gasteiger partial charge in [0.25, 0.3) is 0 Å². The van der Waals surface area contributed by atoms with E-state index in [1.54, 1.807) is 0 Å². The van der Waals surface area contributed by atoms with Crippen molar-refractivity contribution in [3.05, 3.63) is 41.6 Å². The van der Waals surface area contributed by atoms with Crippen LogP contribution < -0.4 is 5.73 Å². The van der Waals surface area contributed by atoms with Crippen LogP contribution in [-0.2, 0) is 6.54 Å². The molecule has 3 rings (SSSR count). The summed E-state index contributed by atoms with van der Waals surface area (Å²) in [6, 6.07) is 11.2. The minimum atomic E-state index is 0. The monoisotopic (exact) mass is 305 g/mol. The fourth-order valence-electron chi connectivity index (χ4n) is 3.03. The zero-order valence-corrected chi connectivity index (χ0v) is 13.6. The highest BCUT2D eigenvalue weighted by atomic mass is 35.5. The summed E-state index contributed by atoms with van der Waals surface area (Å²) in [6.45, 7) is 7.51. The predicted molar refractivity (Wildman–Crippen MR) is 90.8 cm³/mol. The fourth-order valence-corrected chi connectivity index (χ4v) is 3.03. The van der Waals surface area contributed by atoms with Crippen molar-refractivity contribution in [3.63, 3.8) is 0 Å². The first kappa shape index (κ1) is 16.2. The number of hydrogen-bond acceptors (Lipinski definition) is 3. The first-order valence-electron chi connectivity index (χ1n) is 7.46. The van der Waals surface area contributed by atoms with E-state index in [9.17, 15) is 0 Å². The number of nitrogens with zero attached hydrogens (tertiary/aromatic N) is 2. The van der Waals surface area contributed by atoms with Crippen molar-refractivity contribution < 1.29 is 0 Å². The molecule has 2 atom stereocenters. The maximum Gasteiger partial charge on any atom is 0.0705 e. The number of piperidine rings is 1. The maximum absolute atomic E-state index is 6.09. The molecule has 2 aromatic rings. The number of fused-ring (bicyclic) bond motifs is 1. The number of aryl methyl sites for hydroxylation is 1. The molecule has 114 valence electrons. The molecule has 3 nitrogen and oxygen atoms in total. The van der Waals surface area contributed by atoms with Gasteiger partial charge < -0.3 is 5.73 Å². The van der Waals surface area contributed by atoms with Crippen LogP contribution >= 0.6 is 12.4 Å². The van der Waals surface area contributed by atoms with Crippen LogP contribution in [0.15, 0.2) is 30.3 Å². The number of pyridine rings is 1. The van der Waals surface area contributed by atoms with Crippen LogP contribution in [-0.4, -0.2) is 29.0 Å². The largest absolute Gasteiger partial charge is 0.327 e. The van der Waals surface area contributed by atoms with Crippen LogP contribution in [0, 0.1) is 12.8 Å². The van der Waals surface area contributed by atoms with E-state index in [1.165, 1.54) is 10.9 Å². The van der Waals surface area contributed by atoms with E-state index in [0.717, 1.165) is 37.3 Å². The molecule has 1 aliphatic rings. The normalized spacial score (nSPS) is 23.0. The van der Waals surface area contributed by atoms with Gasteiger partial charge in [-0.3, -0.25) is 9.88 Å². The number of aromatic nitrogens is 1. The molecule has 2 heterocycles. The Labute approximate surface area is 132 Å². The minimum Gasteiger partial charge on any atom is -0.327 e. The van der Waals surface area contributed by atoms with Gasteiger partial charge in [0.15, 0.2) is 0 Å². The highest BCUT2D eigenvalue weighted by molar-refractivity contribution is 5.85. The second-order valence-electron chi connectivity index (χ2n) is 6.14. The van der Waals surface area contributed by atoms with Crippen LogP contribution in [0.4, 0.5) is 0 Å². The average Bonchev–Trinajstić information content (AvgIpc) is 2.43. The molecular weight excluding hydrogens is 282 g/mol. The summed E-state index contributed by atoms with van der Waals surface area (Å²) in [5.41, 5.74) is 9.61. The molecule has 2 unspecified atom stereocenters. The molecule has 1 aliphatic heterocycles. The Morgan fingerprint density at radius 2 is 2.10 bits per heavy atom. The average molecular weight is 306 g/mol. The summed E-state index contributed by atoms with van der Waals surface area (Å²) in [5, 5.41) is 1.23. The summed E-state index contributed by atoms with van der Waals surface area (Å²) < 4.78 is 0. The maximum atomic E-state index is 6.09. The summed E-state index contributed by atoms with van der Waals surface area (Å²) in [5.74, 6) is 0.591. The third-order valence-electron chi connectivity index (χ3n) is 4.35. The smallest absolute Gasteiger partial charge is 0.0705 e. The first-order valence-corrected chi connectivity index (χ1v) is 7.46. The Morgan fingerprint density at radius 3 is 2.86 bits per heavy atom. The zero-order chi connectivity index (χ0) is 14.1. The zero-order valence-electron chi connectivity index (χ0n) is 12.7. The third-order valence-corrected chi connectivity index (χ3v) is 4.35. The van der Waals surface area contributed by atoms with Crippen molar-refractivity contribution in [1.82, 2.24) is 9.88 Å². The molecule has 0 radical (unpaired) electrons. The van der Waals surface area contributed by atoms with Gasteiger partial charge in [-0.05, 0) is 49.6 Å². The SMILES string of the molecule is Cc1ccc2cc(CN3CCC(N)C(C)C3)ccc2n1.Cl. The standard InChI is InChI=1S/C17H23N3.ClH/c1-12-10-20(8-7-16(12)18)11-14-4-6-17-15(9-14)5-3-13(2)19-17;/h3-6,9,12,16H,7-8,10-11,18H2,1-2H3;1H. The molecule has 4 heteroatoms. The van der Waals surface area contributed by atoms with Gasteiger partial charge in [0.2, 0.25) is 0 Å². The van der Waals surface area contributed by atoms with Crippen molar-refractivity contribution in [2.75, 3.05) is 13.1 Å². The van der Waals surface area contributed by atoms with E-state index in [1.807, 2.05) is 6.92 Å². The molecule has 1 aromatic heterocycles. The van der Waals surface area contributed by atoms with Crippen LogP contribution in [0.3, 0.4) is 0 Å². The van der Waals surface area contributed by atoms with Gasteiger partial charge in [-0.2, -0.15) is 0 Å². The fraction of sp³-hybridized carbons (Fsp3) is 0.471. The summed E-state index contributed by atoms with van der Waals surface area (Å²) >= 11 is 0. The lowest BCUT2D eigenvalue weighted by Gasteiger charge is -2.35. The second-order valence-corrected chi connectivity index (χ2v) is 6.14. The molecule has 0 aliphatic carbocycles. The Hall–Kier alpha value is -1.16. The lowest BCUT2D eigenvalue weighted by molar-refractivity contribution is 0.158. The van der Waals surface area contributed by atoms with Gasteiger partial charge in [-0.1, -0.05) is 19.1 Å². The lowest BCUT2D eigenvalue weighted by atomic mass is 9.94.